The van der Waals surface area contributed by atoms with Crippen molar-refractivity contribution in [2.75, 3.05) is 0 Å². The molecule has 0 saturated heterocycles. The largest absolute Gasteiger partial charge is 0.545 e. The monoisotopic (exact) mass is 349 g/mol. The van der Waals surface area contributed by atoms with Crippen molar-refractivity contribution in [1.82, 2.24) is 0 Å². The Morgan fingerprint density at radius 3 is 2.20 bits per heavy atom. The molecule has 0 bridgehead atoms. The van der Waals surface area contributed by atoms with Crippen molar-refractivity contribution in [2.24, 2.45) is 0 Å². The lowest BCUT2D eigenvalue weighted by molar-refractivity contribution is -0.255. The molecule has 0 aliphatic heterocycles. The highest BCUT2D eigenvalue weighted by Gasteiger charge is 2.27. The minimum absolute atomic E-state index is 0.0373. The molecule has 0 fully saturated rings. The van der Waals surface area contributed by atoms with Gasteiger partial charge in [0.25, 0.3) is 0 Å². The number of hydrogen-bond donors (Lipinski definition) is 1. The molecule has 0 aliphatic carbocycles. The van der Waals surface area contributed by atoms with Crippen LogP contribution in [-0.2, 0) is 14.3 Å². The van der Waals surface area contributed by atoms with E-state index in [0.717, 1.165) is 0 Å². The number of carboxylic acid groups (broad SMARTS) is 1. The fourth-order valence-electron chi connectivity index (χ4n) is 2.06. The van der Waals surface area contributed by atoms with Gasteiger partial charge in [-0.15, -0.1) is 0 Å². The highest BCUT2D eigenvalue weighted by atomic mass is 16.6. The molecule has 0 aromatic heterocycles. The second kappa shape index (κ2) is 8.98. The average molecular weight is 349 g/mol. The zero-order valence-electron chi connectivity index (χ0n) is 14.4. The number of aliphatic hydroxyl groups is 1. The van der Waals surface area contributed by atoms with E-state index >= 15 is 0 Å². The smallest absolute Gasteiger partial charge is 0.339 e. The standard InChI is InChI=1S/C18H22O7/c1-10(2)17(22)25-15(9-11(3)19)12(4)24-18(23)14-8-6-5-7-13(14)16(20)21/h5-8,11-12,15,19H,1,9H2,2-4H3,(H,20,21)/p-1. The highest BCUT2D eigenvalue weighted by molar-refractivity contribution is 6.01. The third kappa shape index (κ3) is 6.04. The van der Waals surface area contributed by atoms with E-state index in [1.165, 1.54) is 45.0 Å². The van der Waals surface area contributed by atoms with Crippen LogP contribution in [0.5, 0.6) is 0 Å². The number of aliphatic hydroxyl groups excluding tert-OH is 1. The molecule has 25 heavy (non-hydrogen) atoms. The van der Waals surface area contributed by atoms with Gasteiger partial charge in [0, 0.05) is 17.6 Å². The van der Waals surface area contributed by atoms with Gasteiger partial charge < -0.3 is 24.5 Å². The first-order valence-corrected chi connectivity index (χ1v) is 7.69. The van der Waals surface area contributed by atoms with E-state index < -0.39 is 36.2 Å². The van der Waals surface area contributed by atoms with E-state index in [1.54, 1.807) is 0 Å². The summed E-state index contributed by atoms with van der Waals surface area (Å²) in [5.41, 5.74) is -0.307. The Morgan fingerprint density at radius 2 is 1.72 bits per heavy atom. The Morgan fingerprint density at radius 1 is 1.16 bits per heavy atom. The Kier molecular flexibility index (Phi) is 7.32. The van der Waals surface area contributed by atoms with Crippen LogP contribution in [0.1, 0.15) is 47.9 Å². The summed E-state index contributed by atoms with van der Waals surface area (Å²) in [5, 5.41) is 20.6. The zero-order valence-corrected chi connectivity index (χ0v) is 14.4. The molecule has 0 saturated carbocycles. The summed E-state index contributed by atoms with van der Waals surface area (Å²) in [5.74, 6) is -3.08. The first-order valence-electron chi connectivity index (χ1n) is 7.69. The van der Waals surface area contributed by atoms with Crippen LogP contribution in [0.4, 0.5) is 0 Å². The third-order valence-electron chi connectivity index (χ3n) is 3.36. The van der Waals surface area contributed by atoms with Gasteiger partial charge in [0.1, 0.15) is 12.2 Å². The minimum atomic E-state index is -1.51. The SMILES string of the molecule is C=C(C)C(=O)OC(CC(C)O)C(C)OC(=O)c1ccccc1C(=O)[O-]. The number of carbonyl (C=O) groups excluding carboxylic acids is 3. The van der Waals surface area contributed by atoms with Gasteiger partial charge in [-0.2, -0.15) is 0 Å². The van der Waals surface area contributed by atoms with E-state index in [4.69, 9.17) is 9.47 Å². The van der Waals surface area contributed by atoms with Gasteiger partial charge in [-0.25, -0.2) is 9.59 Å². The predicted molar refractivity (Wildman–Crippen MR) is 86.6 cm³/mol. The lowest BCUT2D eigenvalue weighted by atomic mass is 10.1. The Labute approximate surface area is 145 Å². The molecular weight excluding hydrogens is 328 g/mol. The molecule has 1 rings (SSSR count). The van der Waals surface area contributed by atoms with Crippen LogP contribution in [0, 0.1) is 0 Å². The lowest BCUT2D eigenvalue weighted by Crippen LogP contribution is -2.36. The molecule has 3 unspecified atom stereocenters. The van der Waals surface area contributed by atoms with Gasteiger partial charge in [-0.1, -0.05) is 24.8 Å². The van der Waals surface area contributed by atoms with Crippen molar-refractivity contribution >= 4 is 17.9 Å². The average Bonchev–Trinajstić information content (AvgIpc) is 2.53. The number of carboxylic acids is 1. The molecular formula is C18H21O7-. The summed E-state index contributed by atoms with van der Waals surface area (Å²) in [6, 6.07) is 5.47. The molecule has 1 N–H and O–H groups in total. The normalized spacial score (nSPS) is 14.1. The van der Waals surface area contributed by atoms with E-state index in [1.807, 2.05) is 0 Å². The minimum Gasteiger partial charge on any atom is -0.545 e. The quantitative estimate of drug-likeness (QED) is 0.547. The molecule has 1 aromatic rings. The number of aromatic carboxylic acids is 1. The summed E-state index contributed by atoms with van der Waals surface area (Å²) in [6.07, 6.45) is -2.60. The van der Waals surface area contributed by atoms with E-state index in [0.29, 0.717) is 0 Å². The van der Waals surface area contributed by atoms with Crippen LogP contribution in [0.15, 0.2) is 36.4 Å². The number of rotatable bonds is 8. The molecule has 7 heteroatoms. The van der Waals surface area contributed by atoms with Gasteiger partial charge in [0.15, 0.2) is 0 Å². The summed E-state index contributed by atoms with van der Waals surface area (Å²) in [6.45, 7) is 7.92. The van der Waals surface area contributed by atoms with Crippen LogP contribution in [0.2, 0.25) is 0 Å². The van der Waals surface area contributed by atoms with Crippen molar-refractivity contribution < 1.29 is 34.1 Å². The Bertz CT molecular complexity index is 663. The molecule has 7 nitrogen and oxygen atoms in total. The van der Waals surface area contributed by atoms with Crippen molar-refractivity contribution in [3.63, 3.8) is 0 Å². The van der Waals surface area contributed by atoms with E-state index in [-0.39, 0.29) is 23.1 Å². The summed E-state index contributed by atoms with van der Waals surface area (Å²) in [7, 11) is 0. The fraction of sp³-hybridized carbons (Fsp3) is 0.389. The van der Waals surface area contributed by atoms with E-state index in [9.17, 15) is 24.6 Å². The molecule has 0 amide bonds. The van der Waals surface area contributed by atoms with Gasteiger partial charge >= 0.3 is 11.9 Å². The van der Waals surface area contributed by atoms with Crippen molar-refractivity contribution in [3.8, 4) is 0 Å². The van der Waals surface area contributed by atoms with Gasteiger partial charge in [0.05, 0.1) is 17.6 Å². The van der Waals surface area contributed by atoms with Crippen molar-refractivity contribution in [2.45, 2.75) is 45.5 Å². The molecule has 0 radical (unpaired) electrons. The first kappa shape index (κ1) is 20.4. The second-order valence-electron chi connectivity index (χ2n) is 5.75. The van der Waals surface area contributed by atoms with Gasteiger partial charge in [0.2, 0.25) is 0 Å². The Hall–Kier alpha value is -2.67. The second-order valence-corrected chi connectivity index (χ2v) is 5.75. The van der Waals surface area contributed by atoms with Gasteiger partial charge in [-0.05, 0) is 26.8 Å². The molecule has 136 valence electrons. The van der Waals surface area contributed by atoms with Crippen LogP contribution in [0.25, 0.3) is 0 Å². The molecule has 0 heterocycles. The van der Waals surface area contributed by atoms with Crippen molar-refractivity contribution in [3.05, 3.63) is 47.5 Å². The topological polar surface area (TPSA) is 113 Å². The zero-order chi connectivity index (χ0) is 19.1. The third-order valence-corrected chi connectivity index (χ3v) is 3.36. The molecule has 3 atom stereocenters. The maximum absolute atomic E-state index is 12.3. The Balaban J connectivity index is 2.93. The summed E-state index contributed by atoms with van der Waals surface area (Å²) < 4.78 is 10.4. The number of esters is 2. The number of ether oxygens (including phenoxy) is 2. The maximum atomic E-state index is 12.3. The highest BCUT2D eigenvalue weighted by Crippen LogP contribution is 2.17. The molecule has 0 aliphatic rings. The number of benzene rings is 1. The lowest BCUT2D eigenvalue weighted by Gasteiger charge is -2.25. The van der Waals surface area contributed by atoms with Gasteiger partial charge in [-0.3, -0.25) is 0 Å². The number of carbonyl (C=O) groups is 3. The van der Waals surface area contributed by atoms with Crippen LogP contribution in [-0.4, -0.2) is 41.3 Å². The van der Waals surface area contributed by atoms with Crippen LogP contribution in [0.3, 0.4) is 0 Å². The van der Waals surface area contributed by atoms with Crippen LogP contribution >= 0.6 is 0 Å². The van der Waals surface area contributed by atoms with E-state index in [2.05, 4.69) is 6.58 Å². The summed E-state index contributed by atoms with van der Waals surface area (Å²) >= 11 is 0. The first-order chi connectivity index (χ1) is 11.6. The number of hydrogen-bond acceptors (Lipinski definition) is 7. The fourth-order valence-corrected chi connectivity index (χ4v) is 2.06. The predicted octanol–water partition coefficient (Wildman–Crippen LogP) is 0.854. The summed E-state index contributed by atoms with van der Waals surface area (Å²) in [4.78, 5) is 35.0. The van der Waals surface area contributed by atoms with Crippen LogP contribution < -0.4 is 5.11 Å². The maximum Gasteiger partial charge on any atom is 0.339 e. The molecule has 0 spiro atoms. The molecule has 1 aromatic carbocycles. The van der Waals surface area contributed by atoms with Crippen molar-refractivity contribution in [1.29, 1.82) is 0 Å².